The topological polar surface area (TPSA) is 0 Å². The zero-order chi connectivity index (χ0) is 13.7. The fraction of sp³-hybridized carbons (Fsp3) is 0.222. The minimum atomic E-state index is -1.30. The second-order valence-corrected chi connectivity index (χ2v) is 9.11. The van der Waals surface area contributed by atoms with Gasteiger partial charge < -0.3 is 0 Å². The third-order valence-corrected chi connectivity index (χ3v) is 7.31. The van der Waals surface area contributed by atoms with E-state index >= 15 is 0 Å². The van der Waals surface area contributed by atoms with Crippen LogP contribution < -0.4 is 10.6 Å². The van der Waals surface area contributed by atoms with Crippen LogP contribution in [0.15, 0.2) is 72.3 Å². The van der Waals surface area contributed by atoms with Gasteiger partial charge in [-0.25, -0.2) is 0 Å². The van der Waals surface area contributed by atoms with Gasteiger partial charge in [-0.15, -0.1) is 0 Å². The second-order valence-electron chi connectivity index (χ2n) is 5.33. The minimum absolute atomic E-state index is 1.14. The Balaban J connectivity index is 2.47. The van der Waals surface area contributed by atoms with E-state index < -0.39 is 7.26 Å². The first-order valence-corrected chi connectivity index (χ1v) is 9.15. The maximum absolute atomic E-state index is 2.44. The summed E-state index contributed by atoms with van der Waals surface area (Å²) in [5, 5.41) is 2.97. The standard InChI is InChI=1S/C18H22P/c1-16(2)14-15-19(3,17-10-6-4-7-11-17)18-12-8-5-9-13-18/h4-14H,15H2,1-3H3/q+1. The molecule has 0 aliphatic heterocycles. The van der Waals surface area contributed by atoms with Gasteiger partial charge in [-0.3, -0.25) is 0 Å². The number of benzene rings is 2. The van der Waals surface area contributed by atoms with E-state index in [0.29, 0.717) is 0 Å². The Morgan fingerprint density at radius 3 is 1.63 bits per heavy atom. The summed E-state index contributed by atoms with van der Waals surface area (Å²) in [5.41, 5.74) is 1.40. The molecule has 2 rings (SSSR count). The second kappa shape index (κ2) is 6.17. The number of allylic oxidation sites excluding steroid dienone is 2. The first kappa shape index (κ1) is 14.0. The maximum Gasteiger partial charge on any atom is 0.0992 e. The van der Waals surface area contributed by atoms with Crippen LogP contribution in [0, 0.1) is 0 Å². The van der Waals surface area contributed by atoms with Gasteiger partial charge in [0.2, 0.25) is 0 Å². The van der Waals surface area contributed by atoms with Crippen molar-refractivity contribution < 1.29 is 0 Å². The van der Waals surface area contributed by atoms with E-state index in [1.807, 2.05) is 0 Å². The largest absolute Gasteiger partial charge is 0.0992 e. The highest BCUT2D eigenvalue weighted by atomic mass is 31.2. The predicted octanol–water partition coefficient (Wildman–Crippen LogP) is 4.25. The zero-order valence-corrected chi connectivity index (χ0v) is 12.9. The van der Waals surface area contributed by atoms with Crippen LogP contribution in [0.5, 0.6) is 0 Å². The SMILES string of the molecule is CC(C)=CC[P+](C)(c1ccccc1)c1ccccc1. The average molecular weight is 269 g/mol. The Kier molecular flexibility index (Phi) is 4.56. The van der Waals surface area contributed by atoms with Crippen LogP contribution in [0.1, 0.15) is 13.8 Å². The number of hydrogen-bond acceptors (Lipinski definition) is 0. The van der Waals surface area contributed by atoms with Gasteiger partial charge >= 0.3 is 0 Å². The van der Waals surface area contributed by atoms with Crippen molar-refractivity contribution in [3.63, 3.8) is 0 Å². The third-order valence-electron chi connectivity index (χ3n) is 3.52. The molecule has 0 aliphatic rings. The van der Waals surface area contributed by atoms with Crippen LogP contribution in [-0.2, 0) is 0 Å². The lowest BCUT2D eigenvalue weighted by Crippen LogP contribution is -2.23. The third kappa shape index (κ3) is 3.33. The molecule has 0 amide bonds. The van der Waals surface area contributed by atoms with Crippen LogP contribution in [0.3, 0.4) is 0 Å². The van der Waals surface area contributed by atoms with E-state index in [9.17, 15) is 0 Å². The molecular weight excluding hydrogens is 247 g/mol. The fourth-order valence-electron chi connectivity index (χ4n) is 2.24. The highest BCUT2D eigenvalue weighted by molar-refractivity contribution is 7.89. The van der Waals surface area contributed by atoms with Crippen molar-refractivity contribution in [3.05, 3.63) is 72.3 Å². The van der Waals surface area contributed by atoms with Crippen molar-refractivity contribution in [1.82, 2.24) is 0 Å². The van der Waals surface area contributed by atoms with Crippen LogP contribution in [0.2, 0.25) is 0 Å². The quantitative estimate of drug-likeness (QED) is 0.575. The van der Waals surface area contributed by atoms with Gasteiger partial charge in [0.1, 0.15) is 0 Å². The Morgan fingerprint density at radius 2 is 1.26 bits per heavy atom. The van der Waals surface area contributed by atoms with E-state index in [4.69, 9.17) is 0 Å². The van der Waals surface area contributed by atoms with Crippen LogP contribution >= 0.6 is 7.26 Å². The minimum Gasteiger partial charge on any atom is -0.0768 e. The van der Waals surface area contributed by atoms with Crippen LogP contribution in [0.4, 0.5) is 0 Å². The molecule has 0 saturated carbocycles. The lowest BCUT2D eigenvalue weighted by Gasteiger charge is -2.22. The lowest BCUT2D eigenvalue weighted by molar-refractivity contribution is 1.36. The molecule has 1 heteroatoms. The van der Waals surface area contributed by atoms with Gasteiger partial charge in [-0.05, 0) is 44.2 Å². The summed E-state index contributed by atoms with van der Waals surface area (Å²) in [6.45, 7) is 6.80. The summed E-state index contributed by atoms with van der Waals surface area (Å²) in [6.07, 6.45) is 3.52. The van der Waals surface area contributed by atoms with Crippen molar-refractivity contribution in [3.8, 4) is 0 Å². The van der Waals surface area contributed by atoms with Crippen molar-refractivity contribution in [1.29, 1.82) is 0 Å². The zero-order valence-electron chi connectivity index (χ0n) is 12.0. The molecule has 0 fully saturated rings. The average Bonchev–Trinajstić information content (AvgIpc) is 2.46. The fourth-order valence-corrected chi connectivity index (χ4v) is 5.35. The maximum atomic E-state index is 2.44. The van der Waals surface area contributed by atoms with Gasteiger partial charge in [0, 0.05) is 0 Å². The van der Waals surface area contributed by atoms with Gasteiger partial charge in [-0.1, -0.05) is 42.0 Å². The molecule has 0 N–H and O–H groups in total. The first-order chi connectivity index (χ1) is 9.13. The molecule has 0 nitrogen and oxygen atoms in total. The summed E-state index contributed by atoms with van der Waals surface area (Å²) in [5.74, 6) is 0. The smallest absolute Gasteiger partial charge is 0.0768 e. The number of hydrogen-bond donors (Lipinski definition) is 0. The summed E-state index contributed by atoms with van der Waals surface area (Å²) >= 11 is 0. The van der Waals surface area contributed by atoms with Gasteiger partial charge in [-0.2, -0.15) is 0 Å². The highest BCUT2D eigenvalue weighted by Crippen LogP contribution is 2.52. The van der Waals surface area contributed by atoms with Crippen molar-refractivity contribution >= 4 is 17.9 Å². The molecular formula is C18H22P+. The summed E-state index contributed by atoms with van der Waals surface area (Å²) < 4.78 is 0. The normalized spacial score (nSPS) is 11.1. The Bertz CT molecular complexity index is 497. The van der Waals surface area contributed by atoms with Crippen molar-refractivity contribution in [2.75, 3.05) is 12.8 Å². The molecule has 0 aromatic heterocycles. The summed E-state index contributed by atoms with van der Waals surface area (Å²) in [6, 6.07) is 21.9. The van der Waals surface area contributed by atoms with Crippen molar-refractivity contribution in [2.24, 2.45) is 0 Å². The van der Waals surface area contributed by atoms with Crippen LogP contribution in [-0.4, -0.2) is 12.8 Å². The van der Waals surface area contributed by atoms with Crippen LogP contribution in [0.25, 0.3) is 0 Å². The van der Waals surface area contributed by atoms with E-state index in [1.54, 1.807) is 0 Å². The summed E-state index contributed by atoms with van der Waals surface area (Å²) in [4.78, 5) is 0. The van der Waals surface area contributed by atoms with E-state index in [1.165, 1.54) is 16.2 Å². The number of rotatable bonds is 4. The molecule has 98 valence electrons. The van der Waals surface area contributed by atoms with Crippen molar-refractivity contribution in [2.45, 2.75) is 13.8 Å². The molecule has 0 radical (unpaired) electrons. The van der Waals surface area contributed by atoms with Gasteiger partial charge in [0.15, 0.2) is 0 Å². The molecule has 0 saturated heterocycles. The summed E-state index contributed by atoms with van der Waals surface area (Å²) in [7, 11) is -1.30. The highest BCUT2D eigenvalue weighted by Gasteiger charge is 2.35. The molecule has 2 aromatic carbocycles. The van der Waals surface area contributed by atoms with E-state index in [2.05, 4.69) is 87.3 Å². The monoisotopic (exact) mass is 269 g/mol. The Labute approximate surface area is 117 Å². The van der Waals surface area contributed by atoms with E-state index in [-0.39, 0.29) is 0 Å². The first-order valence-electron chi connectivity index (χ1n) is 6.73. The lowest BCUT2D eigenvalue weighted by atomic mass is 10.3. The molecule has 0 atom stereocenters. The Morgan fingerprint density at radius 1 is 0.842 bits per heavy atom. The van der Waals surface area contributed by atoms with Gasteiger partial charge in [0.25, 0.3) is 0 Å². The van der Waals surface area contributed by atoms with Gasteiger partial charge in [0.05, 0.1) is 30.7 Å². The molecule has 19 heavy (non-hydrogen) atoms. The Hall–Kier alpha value is -1.39. The molecule has 0 spiro atoms. The van der Waals surface area contributed by atoms with E-state index in [0.717, 1.165) is 6.16 Å². The molecule has 0 bridgehead atoms. The molecule has 0 aliphatic carbocycles. The predicted molar refractivity (Wildman–Crippen MR) is 89.3 cm³/mol. The molecule has 0 heterocycles. The molecule has 2 aromatic rings. The molecule has 0 unspecified atom stereocenters.